The molecule has 0 unspecified atom stereocenters. The predicted octanol–water partition coefficient (Wildman–Crippen LogP) is 4.31. The normalized spacial score (nSPS) is 10.7. The molecule has 4 nitrogen and oxygen atoms in total. The van der Waals surface area contributed by atoms with Gasteiger partial charge in [0, 0.05) is 10.0 Å². The molecule has 23 heavy (non-hydrogen) atoms. The SMILES string of the molecule is Cc1ccccc1-n1cnnc1SCC(=O)c1ccc(Br)cc1. The fraction of sp³-hybridized carbons (Fsp3) is 0.118. The summed E-state index contributed by atoms with van der Waals surface area (Å²) in [5.74, 6) is 0.397. The van der Waals surface area contributed by atoms with Gasteiger partial charge in [-0.3, -0.25) is 9.36 Å². The number of para-hydroxylation sites is 1. The van der Waals surface area contributed by atoms with E-state index >= 15 is 0 Å². The number of aryl methyl sites for hydroxylation is 1. The Morgan fingerprint density at radius 3 is 2.65 bits per heavy atom. The van der Waals surface area contributed by atoms with Crippen LogP contribution in [-0.2, 0) is 0 Å². The molecule has 0 N–H and O–H groups in total. The highest BCUT2D eigenvalue weighted by Crippen LogP contribution is 2.22. The summed E-state index contributed by atoms with van der Waals surface area (Å²) < 4.78 is 2.87. The molecule has 0 fully saturated rings. The van der Waals surface area contributed by atoms with Crippen molar-refractivity contribution >= 4 is 33.5 Å². The molecular weight excluding hydrogens is 374 g/mol. The van der Waals surface area contributed by atoms with Gasteiger partial charge in [0.15, 0.2) is 10.9 Å². The zero-order valence-electron chi connectivity index (χ0n) is 12.4. The summed E-state index contributed by atoms with van der Waals surface area (Å²) in [7, 11) is 0. The molecule has 0 radical (unpaired) electrons. The lowest BCUT2D eigenvalue weighted by Gasteiger charge is -2.08. The van der Waals surface area contributed by atoms with Crippen LogP contribution in [0.3, 0.4) is 0 Å². The minimum Gasteiger partial charge on any atom is -0.293 e. The Labute approximate surface area is 147 Å². The van der Waals surface area contributed by atoms with Crippen LogP contribution in [-0.4, -0.2) is 26.3 Å². The monoisotopic (exact) mass is 387 g/mol. The van der Waals surface area contributed by atoms with Crippen molar-refractivity contribution < 1.29 is 4.79 Å². The number of halogens is 1. The van der Waals surface area contributed by atoms with Crippen LogP contribution >= 0.6 is 27.7 Å². The van der Waals surface area contributed by atoms with Gasteiger partial charge in [0.2, 0.25) is 0 Å². The minimum atomic E-state index is 0.0711. The van der Waals surface area contributed by atoms with E-state index in [1.54, 1.807) is 6.33 Å². The van der Waals surface area contributed by atoms with Crippen LogP contribution in [0.25, 0.3) is 5.69 Å². The number of Topliss-reactive ketones (excluding diaryl/α,β-unsaturated/α-hetero) is 1. The number of rotatable bonds is 5. The molecule has 1 heterocycles. The van der Waals surface area contributed by atoms with Gasteiger partial charge in [0.1, 0.15) is 6.33 Å². The first kappa shape index (κ1) is 16.0. The van der Waals surface area contributed by atoms with E-state index in [1.165, 1.54) is 11.8 Å². The second kappa shape index (κ2) is 7.10. The molecule has 2 aromatic carbocycles. The number of nitrogens with zero attached hydrogens (tertiary/aromatic N) is 3. The molecule has 0 aliphatic heterocycles. The lowest BCUT2D eigenvalue weighted by molar-refractivity contribution is 0.102. The van der Waals surface area contributed by atoms with Crippen molar-refractivity contribution in [3.63, 3.8) is 0 Å². The van der Waals surface area contributed by atoms with Crippen LogP contribution in [0.5, 0.6) is 0 Å². The summed E-state index contributed by atoms with van der Waals surface area (Å²) in [6.45, 7) is 2.04. The number of ketones is 1. The maximum atomic E-state index is 12.3. The van der Waals surface area contributed by atoms with Crippen molar-refractivity contribution in [3.05, 3.63) is 70.5 Å². The molecule has 6 heteroatoms. The first-order chi connectivity index (χ1) is 11.1. The van der Waals surface area contributed by atoms with Gasteiger partial charge in [-0.15, -0.1) is 10.2 Å². The average molecular weight is 388 g/mol. The zero-order chi connectivity index (χ0) is 16.2. The van der Waals surface area contributed by atoms with E-state index in [1.807, 2.05) is 60.0 Å². The van der Waals surface area contributed by atoms with Crippen molar-refractivity contribution in [2.24, 2.45) is 0 Å². The molecule has 0 atom stereocenters. The topological polar surface area (TPSA) is 47.8 Å². The number of benzene rings is 2. The Morgan fingerprint density at radius 2 is 1.91 bits per heavy atom. The van der Waals surface area contributed by atoms with Gasteiger partial charge in [0.25, 0.3) is 0 Å². The lowest BCUT2D eigenvalue weighted by atomic mass is 10.2. The second-order valence-electron chi connectivity index (χ2n) is 4.99. The van der Waals surface area contributed by atoms with Crippen LogP contribution in [0.2, 0.25) is 0 Å². The minimum absolute atomic E-state index is 0.0711. The number of thioether (sulfide) groups is 1. The molecule has 0 amide bonds. The Kier molecular flexibility index (Phi) is 4.93. The fourth-order valence-electron chi connectivity index (χ4n) is 2.17. The highest BCUT2D eigenvalue weighted by atomic mass is 79.9. The average Bonchev–Trinajstić information content (AvgIpc) is 3.02. The summed E-state index contributed by atoms with van der Waals surface area (Å²) >= 11 is 4.76. The van der Waals surface area contributed by atoms with E-state index in [2.05, 4.69) is 26.1 Å². The first-order valence-corrected chi connectivity index (χ1v) is 8.80. The van der Waals surface area contributed by atoms with Gasteiger partial charge >= 0.3 is 0 Å². The molecule has 0 spiro atoms. The van der Waals surface area contributed by atoms with Gasteiger partial charge in [-0.25, -0.2) is 0 Å². The molecular formula is C17H14BrN3OS. The van der Waals surface area contributed by atoms with Crippen molar-refractivity contribution in [1.29, 1.82) is 0 Å². The molecule has 0 aliphatic rings. The number of carbonyl (C=O) groups excluding carboxylic acids is 1. The van der Waals surface area contributed by atoms with Crippen molar-refractivity contribution in [2.45, 2.75) is 12.1 Å². The maximum absolute atomic E-state index is 12.3. The van der Waals surface area contributed by atoms with Gasteiger partial charge in [-0.1, -0.05) is 58.0 Å². The van der Waals surface area contributed by atoms with Crippen LogP contribution in [0, 0.1) is 6.92 Å². The largest absolute Gasteiger partial charge is 0.293 e. The van der Waals surface area contributed by atoms with E-state index < -0.39 is 0 Å². The summed E-state index contributed by atoms with van der Waals surface area (Å²) in [6, 6.07) is 15.4. The van der Waals surface area contributed by atoms with Gasteiger partial charge in [0.05, 0.1) is 11.4 Å². The third kappa shape index (κ3) is 3.71. The molecule has 0 bridgehead atoms. The Morgan fingerprint density at radius 1 is 1.17 bits per heavy atom. The molecule has 0 saturated carbocycles. The van der Waals surface area contributed by atoms with Crippen LogP contribution in [0.1, 0.15) is 15.9 Å². The Balaban J connectivity index is 1.75. The van der Waals surface area contributed by atoms with Crippen molar-refractivity contribution in [1.82, 2.24) is 14.8 Å². The highest BCUT2D eigenvalue weighted by Gasteiger charge is 2.12. The van der Waals surface area contributed by atoms with Crippen molar-refractivity contribution in [2.75, 3.05) is 5.75 Å². The Hall–Kier alpha value is -1.92. The number of hydrogen-bond acceptors (Lipinski definition) is 4. The lowest BCUT2D eigenvalue weighted by Crippen LogP contribution is -2.04. The molecule has 0 saturated heterocycles. The standard InChI is InChI=1S/C17H14BrN3OS/c1-12-4-2-3-5-15(12)21-11-19-20-17(21)23-10-16(22)13-6-8-14(18)9-7-13/h2-9,11H,10H2,1H3. The highest BCUT2D eigenvalue weighted by molar-refractivity contribution is 9.10. The third-order valence-corrected chi connectivity index (χ3v) is 4.86. The Bertz CT molecular complexity index is 830. The van der Waals surface area contributed by atoms with E-state index in [-0.39, 0.29) is 5.78 Å². The van der Waals surface area contributed by atoms with Gasteiger partial charge in [-0.2, -0.15) is 0 Å². The van der Waals surface area contributed by atoms with Crippen LogP contribution in [0.15, 0.2) is 64.5 Å². The van der Waals surface area contributed by atoms with Crippen molar-refractivity contribution in [3.8, 4) is 5.69 Å². The van der Waals surface area contributed by atoms with Gasteiger partial charge in [-0.05, 0) is 30.7 Å². The smallest absolute Gasteiger partial charge is 0.196 e. The number of aromatic nitrogens is 3. The summed E-state index contributed by atoms with van der Waals surface area (Å²) in [4.78, 5) is 12.3. The van der Waals surface area contributed by atoms with Gasteiger partial charge < -0.3 is 0 Å². The van der Waals surface area contributed by atoms with E-state index in [0.29, 0.717) is 16.5 Å². The fourth-order valence-corrected chi connectivity index (χ4v) is 3.25. The summed E-state index contributed by atoms with van der Waals surface area (Å²) in [5, 5.41) is 8.82. The molecule has 0 aliphatic carbocycles. The summed E-state index contributed by atoms with van der Waals surface area (Å²) in [5.41, 5.74) is 2.85. The third-order valence-electron chi connectivity index (χ3n) is 3.39. The zero-order valence-corrected chi connectivity index (χ0v) is 14.8. The quantitative estimate of drug-likeness (QED) is 0.483. The second-order valence-corrected chi connectivity index (χ2v) is 6.85. The summed E-state index contributed by atoms with van der Waals surface area (Å²) in [6.07, 6.45) is 1.68. The molecule has 3 rings (SSSR count). The van der Waals surface area contributed by atoms with E-state index in [9.17, 15) is 4.79 Å². The number of hydrogen-bond donors (Lipinski definition) is 0. The molecule has 3 aromatic rings. The van der Waals surface area contributed by atoms with Crippen LogP contribution in [0.4, 0.5) is 0 Å². The van der Waals surface area contributed by atoms with Crippen LogP contribution < -0.4 is 0 Å². The molecule has 116 valence electrons. The van der Waals surface area contributed by atoms with E-state index in [0.717, 1.165) is 15.7 Å². The first-order valence-electron chi connectivity index (χ1n) is 7.03. The van der Waals surface area contributed by atoms with E-state index in [4.69, 9.17) is 0 Å². The number of carbonyl (C=O) groups is 1. The maximum Gasteiger partial charge on any atom is 0.196 e. The predicted molar refractivity (Wildman–Crippen MR) is 95.3 cm³/mol. The molecule has 1 aromatic heterocycles.